The molecule has 0 atom stereocenters. The zero-order chi connectivity index (χ0) is 11.7. The fraction of sp³-hybridized carbons (Fsp3) is 0.0769. The minimum Gasteiger partial charge on any atom is -0.207 e. The van der Waals surface area contributed by atoms with Gasteiger partial charge in [-0.2, -0.15) is 0 Å². The highest BCUT2D eigenvalue weighted by Crippen LogP contribution is 2.36. The topological polar surface area (TPSA) is 0 Å². The Bertz CT molecular complexity index is 515. The van der Waals surface area contributed by atoms with Crippen molar-refractivity contribution in [2.45, 2.75) is 6.92 Å². The lowest BCUT2D eigenvalue weighted by molar-refractivity contribution is 0.627. The number of rotatable bonds is 1. The van der Waals surface area contributed by atoms with Crippen LogP contribution in [0.25, 0.3) is 11.1 Å². The van der Waals surface area contributed by atoms with Gasteiger partial charge in [0.2, 0.25) is 0 Å². The summed E-state index contributed by atoms with van der Waals surface area (Å²) >= 11 is 6.91. The van der Waals surface area contributed by atoms with Crippen LogP contribution in [0.1, 0.15) is 5.56 Å². The van der Waals surface area contributed by atoms with E-state index < -0.39 is 0 Å². The average molecular weight is 344 g/mol. The Hall–Kier alpha value is -0.670. The molecule has 0 unspecified atom stereocenters. The molecule has 0 aliphatic rings. The molecule has 2 aromatic carbocycles. The van der Waals surface area contributed by atoms with E-state index in [9.17, 15) is 4.39 Å². The Morgan fingerprint density at radius 3 is 2.38 bits per heavy atom. The highest BCUT2D eigenvalue weighted by molar-refractivity contribution is 9.11. The molecule has 0 bridgehead atoms. The lowest BCUT2D eigenvalue weighted by atomic mass is 10.0. The summed E-state index contributed by atoms with van der Waals surface area (Å²) in [4.78, 5) is 0. The van der Waals surface area contributed by atoms with Gasteiger partial charge in [0.15, 0.2) is 0 Å². The van der Waals surface area contributed by atoms with Gasteiger partial charge in [0.25, 0.3) is 0 Å². The fourth-order valence-corrected chi connectivity index (χ4v) is 2.89. The summed E-state index contributed by atoms with van der Waals surface area (Å²) in [5.74, 6) is -0.236. The summed E-state index contributed by atoms with van der Waals surface area (Å²) in [6.45, 7) is 2.04. The Balaban J connectivity index is 2.68. The lowest BCUT2D eigenvalue weighted by Gasteiger charge is -2.10. The molecule has 0 amide bonds. The van der Waals surface area contributed by atoms with Gasteiger partial charge in [0.05, 0.1) is 0 Å². The van der Waals surface area contributed by atoms with E-state index in [-0.39, 0.29) is 5.82 Å². The van der Waals surface area contributed by atoms with Gasteiger partial charge in [-0.3, -0.25) is 0 Å². The molecule has 3 heteroatoms. The number of benzene rings is 2. The first-order valence-corrected chi connectivity index (χ1v) is 6.38. The third-order valence-corrected chi connectivity index (χ3v) is 3.74. The van der Waals surface area contributed by atoms with Crippen LogP contribution in [0.5, 0.6) is 0 Å². The fourth-order valence-electron chi connectivity index (χ4n) is 1.67. The predicted octanol–water partition coefficient (Wildman–Crippen LogP) is 5.33. The Morgan fingerprint density at radius 2 is 1.75 bits per heavy atom. The molecular formula is C13H9Br2F. The maximum absolute atomic E-state index is 13.0. The molecule has 0 aliphatic heterocycles. The summed E-state index contributed by atoms with van der Waals surface area (Å²) in [7, 11) is 0. The lowest BCUT2D eigenvalue weighted by Crippen LogP contribution is -1.87. The van der Waals surface area contributed by atoms with Gasteiger partial charge in [-0.25, -0.2) is 4.39 Å². The monoisotopic (exact) mass is 342 g/mol. The zero-order valence-corrected chi connectivity index (χ0v) is 11.8. The van der Waals surface area contributed by atoms with Gasteiger partial charge in [-0.15, -0.1) is 0 Å². The van der Waals surface area contributed by atoms with E-state index in [2.05, 4.69) is 31.9 Å². The molecule has 16 heavy (non-hydrogen) atoms. The van der Waals surface area contributed by atoms with Crippen molar-refractivity contribution in [2.24, 2.45) is 0 Å². The van der Waals surface area contributed by atoms with Crippen molar-refractivity contribution >= 4 is 31.9 Å². The minimum atomic E-state index is -0.236. The van der Waals surface area contributed by atoms with E-state index in [0.29, 0.717) is 0 Å². The molecule has 0 radical (unpaired) electrons. The zero-order valence-electron chi connectivity index (χ0n) is 8.60. The summed E-state index contributed by atoms with van der Waals surface area (Å²) in [5.41, 5.74) is 3.24. The average Bonchev–Trinajstić information content (AvgIpc) is 2.20. The maximum Gasteiger partial charge on any atom is 0.124 e. The summed E-state index contributed by atoms with van der Waals surface area (Å²) in [6, 6.07) is 10.7. The number of halogens is 3. The van der Waals surface area contributed by atoms with Gasteiger partial charge in [0.1, 0.15) is 5.82 Å². The Labute approximate surface area is 111 Å². The quantitative estimate of drug-likeness (QED) is 0.656. The molecule has 82 valence electrons. The van der Waals surface area contributed by atoms with Crippen molar-refractivity contribution in [3.63, 3.8) is 0 Å². The van der Waals surface area contributed by atoms with Gasteiger partial charge in [-0.05, 0) is 41.8 Å². The number of aryl methyl sites for hydroxylation is 1. The molecule has 2 aromatic rings. The van der Waals surface area contributed by atoms with Crippen molar-refractivity contribution in [1.29, 1.82) is 0 Å². The van der Waals surface area contributed by atoms with Crippen LogP contribution in [0.2, 0.25) is 0 Å². The molecule has 0 nitrogen and oxygen atoms in total. The van der Waals surface area contributed by atoms with Crippen LogP contribution in [0.4, 0.5) is 4.39 Å². The Kier molecular flexibility index (Phi) is 3.45. The third-order valence-electron chi connectivity index (χ3n) is 2.42. The van der Waals surface area contributed by atoms with Crippen LogP contribution in [-0.4, -0.2) is 0 Å². The first kappa shape index (κ1) is 11.8. The second-order valence-electron chi connectivity index (χ2n) is 3.56. The molecule has 0 aromatic heterocycles. The van der Waals surface area contributed by atoms with Crippen molar-refractivity contribution in [1.82, 2.24) is 0 Å². The standard InChI is InChI=1S/C13H9Br2F/c1-8-3-2-4-11(14)13(8)10-6-5-9(16)7-12(10)15/h2-7H,1H3. The van der Waals surface area contributed by atoms with Crippen molar-refractivity contribution in [2.75, 3.05) is 0 Å². The molecule has 0 aliphatic carbocycles. The maximum atomic E-state index is 13.0. The van der Waals surface area contributed by atoms with Gasteiger partial charge in [0, 0.05) is 8.95 Å². The second-order valence-corrected chi connectivity index (χ2v) is 5.26. The van der Waals surface area contributed by atoms with Crippen molar-refractivity contribution in [3.05, 3.63) is 56.7 Å². The minimum absolute atomic E-state index is 0.236. The normalized spacial score (nSPS) is 10.5. The predicted molar refractivity (Wildman–Crippen MR) is 72.0 cm³/mol. The first-order chi connectivity index (χ1) is 7.59. The molecule has 0 saturated heterocycles. The van der Waals surface area contributed by atoms with Crippen molar-refractivity contribution in [3.8, 4) is 11.1 Å². The van der Waals surface area contributed by atoms with Crippen LogP contribution in [0.15, 0.2) is 45.3 Å². The molecule has 0 spiro atoms. The smallest absolute Gasteiger partial charge is 0.124 e. The molecule has 0 heterocycles. The Morgan fingerprint density at radius 1 is 1.00 bits per heavy atom. The first-order valence-electron chi connectivity index (χ1n) is 4.80. The largest absolute Gasteiger partial charge is 0.207 e. The highest BCUT2D eigenvalue weighted by Gasteiger charge is 2.10. The van der Waals surface area contributed by atoms with E-state index in [1.54, 1.807) is 6.07 Å². The van der Waals surface area contributed by atoms with Crippen LogP contribution in [0, 0.1) is 12.7 Å². The second kappa shape index (κ2) is 4.68. The number of hydrogen-bond donors (Lipinski definition) is 0. The van der Waals surface area contributed by atoms with E-state index in [1.165, 1.54) is 12.1 Å². The molecule has 0 saturated carbocycles. The summed E-state index contributed by atoms with van der Waals surface area (Å²) < 4.78 is 14.8. The van der Waals surface area contributed by atoms with Crippen LogP contribution >= 0.6 is 31.9 Å². The van der Waals surface area contributed by atoms with E-state index in [4.69, 9.17) is 0 Å². The summed E-state index contributed by atoms with van der Waals surface area (Å²) in [5, 5.41) is 0. The van der Waals surface area contributed by atoms with Crippen LogP contribution in [-0.2, 0) is 0 Å². The number of hydrogen-bond acceptors (Lipinski definition) is 0. The molecule has 0 N–H and O–H groups in total. The molecule has 2 rings (SSSR count). The SMILES string of the molecule is Cc1cccc(Br)c1-c1ccc(F)cc1Br. The van der Waals surface area contributed by atoms with Gasteiger partial charge in [-0.1, -0.05) is 50.1 Å². The van der Waals surface area contributed by atoms with E-state index in [0.717, 1.165) is 25.6 Å². The summed E-state index contributed by atoms with van der Waals surface area (Å²) in [6.07, 6.45) is 0. The van der Waals surface area contributed by atoms with E-state index >= 15 is 0 Å². The highest BCUT2D eigenvalue weighted by atomic mass is 79.9. The van der Waals surface area contributed by atoms with Gasteiger partial charge < -0.3 is 0 Å². The molecular weight excluding hydrogens is 335 g/mol. The van der Waals surface area contributed by atoms with Gasteiger partial charge >= 0.3 is 0 Å². The molecule has 0 fully saturated rings. The van der Waals surface area contributed by atoms with Crippen LogP contribution in [0.3, 0.4) is 0 Å². The van der Waals surface area contributed by atoms with Crippen LogP contribution < -0.4 is 0 Å². The van der Waals surface area contributed by atoms with Crippen molar-refractivity contribution < 1.29 is 4.39 Å². The van der Waals surface area contributed by atoms with E-state index in [1.807, 2.05) is 25.1 Å². The third kappa shape index (κ3) is 2.20.